The topological polar surface area (TPSA) is 104 Å². The SMILES string of the molecule is CN(C)CC1CC2(CCN(S(=O)(=O)c3ccc4ccccc4c3)CC2)C(=O)O1.O=CO. The van der Waals surface area contributed by atoms with Gasteiger partial charge >= 0.3 is 5.97 Å². The van der Waals surface area contributed by atoms with Gasteiger partial charge in [-0.05, 0) is 49.8 Å². The molecule has 1 unspecified atom stereocenters. The molecule has 0 aromatic heterocycles. The van der Waals surface area contributed by atoms with Crippen molar-refractivity contribution in [2.24, 2.45) is 5.41 Å². The van der Waals surface area contributed by atoms with Crippen LogP contribution in [0.5, 0.6) is 0 Å². The molecule has 9 heteroatoms. The third kappa shape index (κ3) is 4.89. The van der Waals surface area contributed by atoms with Crippen LogP contribution in [0.15, 0.2) is 47.4 Å². The van der Waals surface area contributed by atoms with Gasteiger partial charge in [0.25, 0.3) is 6.47 Å². The number of benzene rings is 2. The molecule has 168 valence electrons. The lowest BCUT2D eigenvalue weighted by Crippen LogP contribution is -2.45. The van der Waals surface area contributed by atoms with Crippen LogP contribution in [0.1, 0.15) is 19.3 Å². The number of piperidine rings is 1. The zero-order chi connectivity index (χ0) is 22.6. The molecule has 0 saturated carbocycles. The fourth-order valence-electron chi connectivity index (χ4n) is 4.39. The summed E-state index contributed by atoms with van der Waals surface area (Å²) in [5.41, 5.74) is -0.532. The summed E-state index contributed by atoms with van der Waals surface area (Å²) in [5.74, 6) is -0.165. The molecule has 2 aromatic rings. The van der Waals surface area contributed by atoms with Crippen LogP contribution in [0.4, 0.5) is 0 Å². The maximum Gasteiger partial charge on any atom is 0.312 e. The van der Waals surface area contributed by atoms with Gasteiger partial charge in [-0.1, -0.05) is 30.3 Å². The first-order valence-corrected chi connectivity index (χ1v) is 11.6. The number of sulfonamides is 1. The molecule has 2 aromatic carbocycles. The summed E-state index contributed by atoms with van der Waals surface area (Å²) in [6, 6.07) is 13.0. The fourth-order valence-corrected chi connectivity index (χ4v) is 5.86. The van der Waals surface area contributed by atoms with Gasteiger partial charge in [0.2, 0.25) is 10.0 Å². The third-order valence-corrected chi connectivity index (χ3v) is 7.83. The molecule has 1 N–H and O–H groups in total. The van der Waals surface area contributed by atoms with Gasteiger partial charge in [0.15, 0.2) is 0 Å². The van der Waals surface area contributed by atoms with Crippen molar-refractivity contribution in [3.8, 4) is 0 Å². The summed E-state index contributed by atoms with van der Waals surface area (Å²) in [6.07, 6.45) is 1.60. The highest BCUT2D eigenvalue weighted by atomic mass is 32.2. The molecule has 2 aliphatic heterocycles. The predicted octanol–water partition coefficient (Wildman–Crippen LogP) is 2.19. The average Bonchev–Trinajstić information content (AvgIpc) is 3.02. The number of carboxylic acid groups (broad SMARTS) is 1. The summed E-state index contributed by atoms with van der Waals surface area (Å²) in [5, 5.41) is 8.81. The maximum atomic E-state index is 13.1. The van der Waals surface area contributed by atoms with E-state index < -0.39 is 15.4 Å². The van der Waals surface area contributed by atoms with Crippen molar-refractivity contribution in [1.29, 1.82) is 0 Å². The van der Waals surface area contributed by atoms with Crippen molar-refractivity contribution in [3.05, 3.63) is 42.5 Å². The number of carbonyl (C=O) groups is 2. The van der Waals surface area contributed by atoms with Crippen molar-refractivity contribution in [1.82, 2.24) is 9.21 Å². The van der Waals surface area contributed by atoms with Crippen LogP contribution in [0, 0.1) is 5.41 Å². The molecule has 2 aliphatic rings. The minimum absolute atomic E-state index is 0.105. The second-order valence-corrected chi connectivity index (χ2v) is 10.2. The molecular weight excluding hydrogens is 420 g/mol. The molecule has 0 amide bonds. The van der Waals surface area contributed by atoms with Gasteiger partial charge in [0.05, 0.1) is 10.3 Å². The van der Waals surface area contributed by atoms with Gasteiger partial charge in [-0.25, -0.2) is 8.42 Å². The van der Waals surface area contributed by atoms with Crippen LogP contribution in [0.25, 0.3) is 10.8 Å². The summed E-state index contributed by atoms with van der Waals surface area (Å²) in [4.78, 5) is 23.2. The second kappa shape index (κ2) is 9.33. The largest absolute Gasteiger partial charge is 0.483 e. The molecule has 0 radical (unpaired) electrons. The van der Waals surface area contributed by atoms with Crippen molar-refractivity contribution in [2.75, 3.05) is 33.7 Å². The summed E-state index contributed by atoms with van der Waals surface area (Å²) >= 11 is 0. The Morgan fingerprint density at radius 1 is 1.16 bits per heavy atom. The Kier molecular flexibility index (Phi) is 6.98. The number of ether oxygens (including phenoxy) is 1. The highest BCUT2D eigenvalue weighted by molar-refractivity contribution is 7.89. The van der Waals surface area contributed by atoms with E-state index in [9.17, 15) is 13.2 Å². The van der Waals surface area contributed by atoms with Crippen LogP contribution in [-0.4, -0.2) is 75.0 Å². The van der Waals surface area contributed by atoms with E-state index in [1.807, 2.05) is 49.3 Å². The normalized spacial score (nSPS) is 21.0. The number of carbonyl (C=O) groups excluding carboxylic acids is 1. The first-order chi connectivity index (χ1) is 14.7. The third-order valence-electron chi connectivity index (χ3n) is 5.93. The van der Waals surface area contributed by atoms with Crippen LogP contribution in [-0.2, 0) is 24.3 Å². The first kappa shape index (κ1) is 23.2. The van der Waals surface area contributed by atoms with Crippen molar-refractivity contribution < 1.29 is 27.9 Å². The van der Waals surface area contributed by atoms with Gasteiger partial charge in [0.1, 0.15) is 6.10 Å². The zero-order valence-electron chi connectivity index (χ0n) is 17.7. The van der Waals surface area contributed by atoms with Crippen molar-refractivity contribution in [2.45, 2.75) is 30.3 Å². The van der Waals surface area contributed by atoms with Crippen LogP contribution in [0.2, 0.25) is 0 Å². The lowest BCUT2D eigenvalue weighted by atomic mass is 9.76. The van der Waals surface area contributed by atoms with Gasteiger partial charge in [-0.15, -0.1) is 0 Å². The molecule has 0 bridgehead atoms. The first-order valence-electron chi connectivity index (χ1n) is 10.1. The number of nitrogens with zero attached hydrogens (tertiary/aromatic N) is 2. The zero-order valence-corrected chi connectivity index (χ0v) is 18.5. The number of hydrogen-bond donors (Lipinski definition) is 1. The summed E-state index contributed by atoms with van der Waals surface area (Å²) < 4.78 is 33.3. The van der Waals surface area contributed by atoms with E-state index in [1.165, 1.54) is 4.31 Å². The molecule has 31 heavy (non-hydrogen) atoms. The Labute approximate surface area is 182 Å². The number of likely N-dealkylation sites (N-methyl/N-ethyl adjacent to an activating group) is 1. The number of fused-ring (bicyclic) bond motifs is 1. The molecular formula is C22H28N2O6S. The van der Waals surface area contributed by atoms with E-state index in [0.29, 0.717) is 43.8 Å². The summed E-state index contributed by atoms with van der Waals surface area (Å²) in [7, 11) is 0.335. The minimum atomic E-state index is -3.58. The van der Waals surface area contributed by atoms with Gasteiger partial charge in [0, 0.05) is 26.1 Å². The van der Waals surface area contributed by atoms with Crippen molar-refractivity contribution in [3.63, 3.8) is 0 Å². The predicted molar refractivity (Wildman–Crippen MR) is 116 cm³/mol. The van der Waals surface area contributed by atoms with Crippen molar-refractivity contribution >= 4 is 33.2 Å². The van der Waals surface area contributed by atoms with E-state index in [2.05, 4.69) is 0 Å². The van der Waals surface area contributed by atoms with E-state index in [4.69, 9.17) is 14.6 Å². The lowest BCUT2D eigenvalue weighted by molar-refractivity contribution is -0.150. The van der Waals surface area contributed by atoms with Gasteiger partial charge < -0.3 is 14.7 Å². The van der Waals surface area contributed by atoms with E-state index >= 15 is 0 Å². The Balaban J connectivity index is 0.000000858. The Morgan fingerprint density at radius 2 is 1.77 bits per heavy atom. The fraction of sp³-hybridized carbons (Fsp3) is 0.455. The average molecular weight is 449 g/mol. The quantitative estimate of drug-likeness (QED) is 0.565. The van der Waals surface area contributed by atoms with E-state index in [-0.39, 0.29) is 18.5 Å². The smallest absolute Gasteiger partial charge is 0.312 e. The molecule has 8 nitrogen and oxygen atoms in total. The standard InChI is InChI=1S/C21H26N2O4S.CH2O2/c1-22(2)15-18-14-21(20(24)27-18)9-11-23(12-10-21)28(25,26)19-8-7-16-5-3-4-6-17(16)13-19;2-1-3/h3-8,13,18H,9-12,14-15H2,1-2H3;1H,(H,2,3). The van der Waals surface area contributed by atoms with Gasteiger partial charge in [-0.2, -0.15) is 4.31 Å². The molecule has 0 aliphatic carbocycles. The monoisotopic (exact) mass is 448 g/mol. The van der Waals surface area contributed by atoms with Gasteiger partial charge in [-0.3, -0.25) is 9.59 Å². The number of hydrogen-bond acceptors (Lipinski definition) is 6. The van der Waals surface area contributed by atoms with Crippen LogP contribution >= 0.6 is 0 Å². The lowest BCUT2D eigenvalue weighted by Gasteiger charge is -2.35. The van der Waals surface area contributed by atoms with Crippen LogP contribution < -0.4 is 0 Å². The summed E-state index contributed by atoms with van der Waals surface area (Å²) in [6.45, 7) is 1.14. The highest BCUT2D eigenvalue weighted by Crippen LogP contribution is 2.44. The maximum absolute atomic E-state index is 13.1. The van der Waals surface area contributed by atoms with E-state index in [1.54, 1.807) is 12.1 Å². The molecule has 1 spiro atoms. The highest BCUT2D eigenvalue weighted by Gasteiger charge is 2.51. The number of esters is 1. The number of rotatable bonds is 4. The molecule has 1 atom stereocenters. The molecule has 2 heterocycles. The molecule has 4 rings (SSSR count). The Morgan fingerprint density at radius 3 is 2.39 bits per heavy atom. The molecule has 2 fully saturated rings. The van der Waals surface area contributed by atoms with Crippen LogP contribution in [0.3, 0.4) is 0 Å². The Hall–Kier alpha value is -2.49. The molecule has 2 saturated heterocycles. The second-order valence-electron chi connectivity index (χ2n) is 8.29. The van der Waals surface area contributed by atoms with E-state index in [0.717, 1.165) is 10.8 Å². The number of cyclic esters (lactones) is 1. The Bertz CT molecular complexity index is 1040. The minimum Gasteiger partial charge on any atom is -0.483 e.